The number of ether oxygens (including phenoxy) is 1. The number of anilines is 1. The Labute approximate surface area is 201 Å². The van der Waals surface area contributed by atoms with Crippen LogP contribution in [0.15, 0.2) is 35.3 Å². The monoisotopic (exact) mass is 513 g/mol. The highest BCUT2D eigenvalue weighted by atomic mass is 79.9. The number of nitrogens with one attached hydrogen (secondary N) is 1. The van der Waals surface area contributed by atoms with E-state index in [1.165, 1.54) is 31.4 Å². The fourth-order valence-electron chi connectivity index (χ4n) is 3.96. The molecule has 0 spiro atoms. The van der Waals surface area contributed by atoms with Gasteiger partial charge >= 0.3 is 0 Å². The molecule has 0 atom stereocenters. The highest BCUT2D eigenvalue weighted by molar-refractivity contribution is 9.10. The van der Waals surface area contributed by atoms with Gasteiger partial charge < -0.3 is 19.9 Å². The van der Waals surface area contributed by atoms with Gasteiger partial charge in [0, 0.05) is 30.7 Å². The molecule has 1 saturated carbocycles. The van der Waals surface area contributed by atoms with Gasteiger partial charge in [-0.05, 0) is 98.5 Å². The number of likely N-dealkylation sites (N-methyl/N-ethyl adjacent to an activating group) is 1. The van der Waals surface area contributed by atoms with Crippen LogP contribution in [0.1, 0.15) is 51.4 Å². The first kappa shape index (κ1) is 26.2. The maximum absolute atomic E-state index is 13.3. The van der Waals surface area contributed by atoms with E-state index >= 15 is 0 Å². The predicted molar refractivity (Wildman–Crippen MR) is 136 cm³/mol. The van der Waals surface area contributed by atoms with Gasteiger partial charge in [-0.25, -0.2) is 4.39 Å². The number of thiocarbonyl (C=S) groups is 1. The molecule has 31 heavy (non-hydrogen) atoms. The molecule has 0 aromatic heterocycles. The van der Waals surface area contributed by atoms with Gasteiger partial charge in [0.2, 0.25) is 0 Å². The number of hydrogen-bond acceptors (Lipinski definition) is 3. The van der Waals surface area contributed by atoms with E-state index in [4.69, 9.17) is 17.0 Å². The summed E-state index contributed by atoms with van der Waals surface area (Å²) >= 11 is 8.96. The molecular weight excluding hydrogens is 477 g/mol. The third-order valence-corrected chi connectivity index (χ3v) is 6.96. The first-order chi connectivity index (χ1) is 14.9. The van der Waals surface area contributed by atoms with Gasteiger partial charge in [-0.1, -0.05) is 18.9 Å². The van der Waals surface area contributed by atoms with Crippen LogP contribution in [0.3, 0.4) is 0 Å². The van der Waals surface area contributed by atoms with E-state index in [2.05, 4.69) is 44.7 Å². The third-order valence-electron chi connectivity index (χ3n) is 5.91. The van der Waals surface area contributed by atoms with Crippen molar-refractivity contribution >= 4 is 38.9 Å². The molecule has 1 fully saturated rings. The molecule has 1 aromatic carbocycles. The Morgan fingerprint density at radius 2 is 1.94 bits per heavy atom. The second-order valence-corrected chi connectivity index (χ2v) is 9.67. The predicted octanol–water partition coefficient (Wildman–Crippen LogP) is 6.22. The van der Waals surface area contributed by atoms with Crippen molar-refractivity contribution in [1.29, 1.82) is 0 Å². The Kier molecular flexibility index (Phi) is 12.0. The lowest BCUT2D eigenvalue weighted by atomic mass is 9.92. The number of halogens is 2. The maximum Gasteiger partial charge on any atom is 0.173 e. The van der Waals surface area contributed by atoms with Crippen LogP contribution in [0.4, 0.5) is 10.1 Å². The Bertz CT molecular complexity index is 697. The van der Waals surface area contributed by atoms with E-state index < -0.39 is 0 Å². The van der Waals surface area contributed by atoms with E-state index in [9.17, 15) is 4.39 Å². The molecule has 1 N–H and O–H groups in total. The SMILES string of the molecule is C=CCN(C)CCCCCCOC1CCC(N(C)C(=S)Nc2ccc(F)cc2Br)CC1. The van der Waals surface area contributed by atoms with Crippen LogP contribution in [0.25, 0.3) is 0 Å². The van der Waals surface area contributed by atoms with E-state index in [1.54, 1.807) is 6.07 Å². The highest BCUT2D eigenvalue weighted by Gasteiger charge is 2.25. The van der Waals surface area contributed by atoms with Crippen molar-refractivity contribution < 1.29 is 9.13 Å². The minimum absolute atomic E-state index is 0.272. The smallest absolute Gasteiger partial charge is 0.173 e. The Morgan fingerprint density at radius 3 is 2.61 bits per heavy atom. The fourth-order valence-corrected chi connectivity index (χ4v) is 4.67. The quantitative estimate of drug-likeness (QED) is 0.203. The highest BCUT2D eigenvalue weighted by Crippen LogP contribution is 2.27. The zero-order chi connectivity index (χ0) is 22.6. The molecule has 0 saturated heterocycles. The van der Waals surface area contributed by atoms with Crippen molar-refractivity contribution in [2.45, 2.75) is 63.5 Å². The number of unbranched alkanes of at least 4 members (excludes halogenated alkanes) is 3. The number of benzene rings is 1. The summed E-state index contributed by atoms with van der Waals surface area (Å²) in [5, 5.41) is 3.89. The summed E-state index contributed by atoms with van der Waals surface area (Å²) in [6.45, 7) is 6.74. The molecule has 4 nitrogen and oxygen atoms in total. The summed E-state index contributed by atoms with van der Waals surface area (Å²) < 4.78 is 20.1. The molecular formula is C24H37BrFN3OS. The zero-order valence-corrected chi connectivity index (χ0v) is 21.3. The van der Waals surface area contributed by atoms with Crippen molar-refractivity contribution in [2.24, 2.45) is 0 Å². The first-order valence-corrected chi connectivity index (χ1v) is 12.5. The molecule has 1 aromatic rings. The van der Waals surface area contributed by atoms with Crippen molar-refractivity contribution in [3.63, 3.8) is 0 Å². The van der Waals surface area contributed by atoms with Crippen LogP contribution in [0.5, 0.6) is 0 Å². The fraction of sp³-hybridized carbons (Fsp3) is 0.625. The van der Waals surface area contributed by atoms with Crippen LogP contribution in [0, 0.1) is 5.82 Å². The van der Waals surface area contributed by atoms with Crippen molar-refractivity contribution in [3.05, 3.63) is 41.1 Å². The summed E-state index contributed by atoms with van der Waals surface area (Å²) in [5.41, 5.74) is 0.780. The van der Waals surface area contributed by atoms with Gasteiger partial charge in [0.05, 0.1) is 11.8 Å². The summed E-state index contributed by atoms with van der Waals surface area (Å²) in [7, 11) is 4.17. The zero-order valence-electron chi connectivity index (χ0n) is 18.9. The van der Waals surface area contributed by atoms with Crippen LogP contribution >= 0.6 is 28.1 Å². The summed E-state index contributed by atoms with van der Waals surface area (Å²) in [5.74, 6) is -0.272. The molecule has 0 heterocycles. The van der Waals surface area contributed by atoms with Crippen LogP contribution in [-0.2, 0) is 4.74 Å². The molecule has 2 rings (SSSR count). The number of hydrogen-bond donors (Lipinski definition) is 1. The van der Waals surface area contributed by atoms with Gasteiger partial charge in [0.25, 0.3) is 0 Å². The Morgan fingerprint density at radius 1 is 1.23 bits per heavy atom. The average Bonchev–Trinajstić information content (AvgIpc) is 2.75. The van der Waals surface area contributed by atoms with E-state index in [0.29, 0.717) is 21.7 Å². The first-order valence-electron chi connectivity index (χ1n) is 11.3. The van der Waals surface area contributed by atoms with Crippen LogP contribution in [0.2, 0.25) is 0 Å². The molecule has 1 aliphatic carbocycles. The largest absolute Gasteiger partial charge is 0.378 e. The van der Waals surface area contributed by atoms with Crippen molar-refractivity contribution in [3.8, 4) is 0 Å². The Balaban J connectivity index is 1.59. The molecule has 174 valence electrons. The van der Waals surface area contributed by atoms with Gasteiger partial charge in [0.15, 0.2) is 5.11 Å². The Hall–Kier alpha value is -1.02. The summed E-state index contributed by atoms with van der Waals surface area (Å²) in [6, 6.07) is 4.98. The number of nitrogens with zero attached hydrogens (tertiary/aromatic N) is 2. The molecule has 0 aliphatic heterocycles. The van der Waals surface area contributed by atoms with Gasteiger partial charge in [-0.15, -0.1) is 6.58 Å². The van der Waals surface area contributed by atoms with E-state index in [-0.39, 0.29) is 5.82 Å². The van der Waals surface area contributed by atoms with Gasteiger partial charge in [-0.2, -0.15) is 0 Å². The topological polar surface area (TPSA) is 27.7 Å². The molecule has 0 radical (unpaired) electrons. The normalized spacial score (nSPS) is 18.7. The molecule has 0 amide bonds. The third kappa shape index (κ3) is 9.56. The molecule has 0 bridgehead atoms. The van der Waals surface area contributed by atoms with E-state index in [0.717, 1.165) is 57.5 Å². The average molecular weight is 515 g/mol. The lowest BCUT2D eigenvalue weighted by Crippen LogP contribution is -2.42. The summed E-state index contributed by atoms with van der Waals surface area (Å²) in [4.78, 5) is 4.43. The van der Waals surface area contributed by atoms with E-state index in [1.807, 2.05) is 13.1 Å². The van der Waals surface area contributed by atoms with Gasteiger partial charge in [-0.3, -0.25) is 0 Å². The second-order valence-electron chi connectivity index (χ2n) is 8.43. The minimum atomic E-state index is -0.272. The van der Waals surface area contributed by atoms with Crippen molar-refractivity contribution in [1.82, 2.24) is 9.80 Å². The lowest BCUT2D eigenvalue weighted by Gasteiger charge is -2.36. The van der Waals surface area contributed by atoms with Crippen molar-refractivity contribution in [2.75, 3.05) is 39.1 Å². The molecule has 0 unspecified atom stereocenters. The minimum Gasteiger partial charge on any atom is -0.378 e. The lowest BCUT2D eigenvalue weighted by molar-refractivity contribution is 0.0149. The number of rotatable bonds is 12. The van der Waals surface area contributed by atoms with Crippen LogP contribution < -0.4 is 5.32 Å². The standard InChI is InChI=1S/C24H37BrFN3OS/c1-4-15-28(2)16-7-5-6-8-17-30-21-12-10-20(11-13-21)29(3)24(31)27-23-14-9-19(26)18-22(23)25/h4,9,14,18,20-21H,1,5-8,10-13,15-17H2,2-3H3,(H,27,31). The van der Waals surface area contributed by atoms with Gasteiger partial charge in [0.1, 0.15) is 5.82 Å². The molecule has 7 heteroatoms. The molecule has 1 aliphatic rings. The maximum atomic E-state index is 13.3. The summed E-state index contributed by atoms with van der Waals surface area (Å²) in [6.07, 6.45) is 11.5. The van der Waals surface area contributed by atoms with Crippen LogP contribution in [-0.4, -0.2) is 60.8 Å². The second kappa shape index (κ2) is 14.2.